The van der Waals surface area contributed by atoms with E-state index in [0.717, 1.165) is 0 Å². The fourth-order valence-corrected chi connectivity index (χ4v) is 1.04. The van der Waals surface area contributed by atoms with Crippen molar-refractivity contribution in [2.24, 2.45) is 5.73 Å². The first-order chi connectivity index (χ1) is 7.26. The lowest BCUT2D eigenvalue weighted by Gasteiger charge is -2.11. The monoisotopic (exact) mass is 213 g/mol. The summed E-state index contributed by atoms with van der Waals surface area (Å²) >= 11 is 0. The van der Waals surface area contributed by atoms with Crippen LogP contribution in [0.25, 0.3) is 0 Å². The second-order valence-corrected chi connectivity index (χ2v) is 3.01. The molecule has 0 saturated heterocycles. The molecule has 1 amide bonds. The van der Waals surface area contributed by atoms with Crippen LogP contribution < -0.4 is 11.1 Å². The van der Waals surface area contributed by atoms with Crippen molar-refractivity contribution in [2.75, 3.05) is 13.7 Å². The van der Waals surface area contributed by atoms with E-state index in [2.05, 4.69) is 20.5 Å². The van der Waals surface area contributed by atoms with E-state index in [1.165, 1.54) is 13.4 Å². The van der Waals surface area contributed by atoms with Crippen molar-refractivity contribution in [3.05, 3.63) is 12.2 Å². The van der Waals surface area contributed by atoms with E-state index < -0.39 is 0 Å². The number of rotatable bonds is 6. The van der Waals surface area contributed by atoms with Crippen LogP contribution in [0.1, 0.15) is 12.2 Å². The Morgan fingerprint density at radius 1 is 1.80 bits per heavy atom. The minimum absolute atomic E-state index is 0.122. The number of nitrogens with two attached hydrogens (primary N) is 1. The summed E-state index contributed by atoms with van der Waals surface area (Å²) in [5.74, 6) is 0.494. The van der Waals surface area contributed by atoms with Crippen LogP contribution in [0.4, 0.5) is 0 Å². The van der Waals surface area contributed by atoms with E-state index in [1.807, 2.05) is 0 Å². The van der Waals surface area contributed by atoms with E-state index in [4.69, 9.17) is 10.5 Å². The molecule has 1 aromatic heterocycles. The van der Waals surface area contributed by atoms with E-state index in [0.29, 0.717) is 18.9 Å². The van der Waals surface area contributed by atoms with Crippen molar-refractivity contribution in [3.8, 4) is 0 Å². The van der Waals surface area contributed by atoms with Crippen molar-refractivity contribution in [1.82, 2.24) is 20.5 Å². The smallest absolute Gasteiger partial charge is 0.223 e. The Hall–Kier alpha value is -1.47. The van der Waals surface area contributed by atoms with Gasteiger partial charge >= 0.3 is 0 Å². The average Bonchev–Trinajstić information content (AvgIpc) is 2.75. The molecule has 1 aromatic rings. The molecule has 1 atom stereocenters. The van der Waals surface area contributed by atoms with Crippen LogP contribution in [-0.4, -0.2) is 40.8 Å². The van der Waals surface area contributed by atoms with Gasteiger partial charge in [0.15, 0.2) is 0 Å². The Bertz CT molecular complexity index is 283. The Labute approximate surface area is 87.4 Å². The van der Waals surface area contributed by atoms with Gasteiger partial charge in [-0.25, -0.2) is 4.98 Å². The summed E-state index contributed by atoms with van der Waals surface area (Å²) in [4.78, 5) is 15.2. The number of ether oxygens (including phenoxy) is 1. The summed E-state index contributed by atoms with van der Waals surface area (Å²) in [6.45, 7) is 0.659. The van der Waals surface area contributed by atoms with Crippen molar-refractivity contribution in [2.45, 2.75) is 19.1 Å². The molecule has 84 valence electrons. The number of methoxy groups -OCH3 is 1. The number of H-pyrrole nitrogens is 1. The van der Waals surface area contributed by atoms with Crippen LogP contribution in [0.5, 0.6) is 0 Å². The number of amides is 1. The zero-order valence-electron chi connectivity index (χ0n) is 8.56. The van der Waals surface area contributed by atoms with Gasteiger partial charge in [-0.15, -0.1) is 0 Å². The number of hydrogen-bond acceptors (Lipinski definition) is 5. The average molecular weight is 213 g/mol. The van der Waals surface area contributed by atoms with E-state index >= 15 is 0 Å². The Morgan fingerprint density at radius 2 is 2.60 bits per heavy atom. The first kappa shape index (κ1) is 11.6. The molecule has 0 aliphatic rings. The van der Waals surface area contributed by atoms with Gasteiger partial charge in [0.1, 0.15) is 12.2 Å². The predicted molar refractivity (Wildman–Crippen MR) is 52.7 cm³/mol. The molecule has 1 rings (SSSR count). The first-order valence-electron chi connectivity index (χ1n) is 4.60. The summed E-state index contributed by atoms with van der Waals surface area (Å²) in [7, 11) is 1.53. The van der Waals surface area contributed by atoms with Gasteiger partial charge in [-0.1, -0.05) is 0 Å². The zero-order chi connectivity index (χ0) is 11.1. The highest BCUT2D eigenvalue weighted by molar-refractivity contribution is 5.76. The van der Waals surface area contributed by atoms with Crippen LogP contribution in [0, 0.1) is 0 Å². The lowest BCUT2D eigenvalue weighted by atomic mass is 10.2. The van der Waals surface area contributed by atoms with Gasteiger partial charge in [-0.2, -0.15) is 5.10 Å². The molecule has 0 aliphatic carbocycles. The van der Waals surface area contributed by atoms with Crippen molar-refractivity contribution >= 4 is 5.91 Å². The van der Waals surface area contributed by atoms with Crippen LogP contribution in [0.15, 0.2) is 6.33 Å². The lowest BCUT2D eigenvalue weighted by Crippen LogP contribution is -2.32. The minimum Gasteiger partial charge on any atom is -0.380 e. The Balaban J connectivity index is 2.24. The molecule has 0 radical (unpaired) electrons. The fraction of sp³-hybridized carbons (Fsp3) is 0.625. The molecule has 0 aromatic carbocycles. The van der Waals surface area contributed by atoms with Gasteiger partial charge in [0.05, 0.1) is 19.1 Å². The second kappa shape index (κ2) is 6.10. The summed E-state index contributed by atoms with van der Waals surface area (Å²) < 4.78 is 4.99. The number of carbonyl (C=O) groups is 1. The van der Waals surface area contributed by atoms with Gasteiger partial charge in [0, 0.05) is 13.7 Å². The number of hydrogen-bond donors (Lipinski definition) is 3. The standard InChI is InChI=1S/C8H15N5O2/c1-15-6(3-9)2-8(14)10-4-7-11-5-12-13-7/h5-6H,2-4,9H2,1H3,(H,10,14)(H,11,12,13). The normalized spacial score (nSPS) is 12.4. The molecule has 1 heterocycles. The summed E-state index contributed by atoms with van der Waals surface area (Å²) in [5.41, 5.74) is 5.39. The second-order valence-electron chi connectivity index (χ2n) is 3.01. The SMILES string of the molecule is COC(CN)CC(=O)NCc1ncn[nH]1. The van der Waals surface area contributed by atoms with E-state index in [1.54, 1.807) is 0 Å². The quantitative estimate of drug-likeness (QED) is 0.549. The highest BCUT2D eigenvalue weighted by Gasteiger charge is 2.11. The van der Waals surface area contributed by atoms with Gasteiger partial charge < -0.3 is 15.8 Å². The highest BCUT2D eigenvalue weighted by Crippen LogP contribution is 1.95. The van der Waals surface area contributed by atoms with Gasteiger partial charge in [-0.3, -0.25) is 9.89 Å². The maximum Gasteiger partial charge on any atom is 0.223 e. The van der Waals surface area contributed by atoms with Gasteiger partial charge in [0.25, 0.3) is 0 Å². The number of aromatic nitrogens is 3. The predicted octanol–water partition coefficient (Wildman–Crippen LogP) is -1.22. The molecular weight excluding hydrogens is 198 g/mol. The lowest BCUT2D eigenvalue weighted by molar-refractivity contribution is -0.123. The number of nitrogens with one attached hydrogen (secondary N) is 2. The molecular formula is C8H15N5O2. The highest BCUT2D eigenvalue weighted by atomic mass is 16.5. The minimum atomic E-state index is -0.236. The molecule has 1 unspecified atom stereocenters. The molecule has 0 spiro atoms. The van der Waals surface area contributed by atoms with Crippen LogP contribution in [-0.2, 0) is 16.1 Å². The van der Waals surface area contributed by atoms with Gasteiger partial charge in [0.2, 0.25) is 5.91 Å². The molecule has 7 heteroatoms. The van der Waals surface area contributed by atoms with Crippen molar-refractivity contribution in [3.63, 3.8) is 0 Å². The molecule has 7 nitrogen and oxygen atoms in total. The van der Waals surface area contributed by atoms with Crippen molar-refractivity contribution < 1.29 is 9.53 Å². The maximum absolute atomic E-state index is 11.4. The first-order valence-corrected chi connectivity index (χ1v) is 4.60. The molecule has 15 heavy (non-hydrogen) atoms. The summed E-state index contributed by atoms with van der Waals surface area (Å²) in [5, 5.41) is 8.98. The van der Waals surface area contributed by atoms with Crippen LogP contribution in [0.2, 0.25) is 0 Å². The number of nitrogens with zero attached hydrogens (tertiary/aromatic N) is 2. The largest absolute Gasteiger partial charge is 0.380 e. The van der Waals surface area contributed by atoms with E-state index in [-0.39, 0.29) is 18.4 Å². The van der Waals surface area contributed by atoms with Crippen molar-refractivity contribution in [1.29, 1.82) is 0 Å². The number of carbonyl (C=O) groups excluding carboxylic acids is 1. The third kappa shape index (κ3) is 4.05. The molecule has 0 fully saturated rings. The molecule has 0 bridgehead atoms. The van der Waals surface area contributed by atoms with Crippen LogP contribution >= 0.6 is 0 Å². The molecule has 0 saturated carbocycles. The molecule has 4 N–H and O–H groups in total. The maximum atomic E-state index is 11.4. The zero-order valence-corrected chi connectivity index (χ0v) is 8.56. The van der Waals surface area contributed by atoms with Gasteiger partial charge in [-0.05, 0) is 0 Å². The molecule has 0 aliphatic heterocycles. The fourth-order valence-electron chi connectivity index (χ4n) is 1.04. The summed E-state index contributed by atoms with van der Waals surface area (Å²) in [6.07, 6.45) is 1.40. The Kier molecular flexibility index (Phi) is 4.72. The van der Waals surface area contributed by atoms with E-state index in [9.17, 15) is 4.79 Å². The third-order valence-corrected chi connectivity index (χ3v) is 1.93. The summed E-state index contributed by atoms with van der Waals surface area (Å²) in [6, 6.07) is 0. The third-order valence-electron chi connectivity index (χ3n) is 1.93. The Morgan fingerprint density at radius 3 is 3.13 bits per heavy atom. The van der Waals surface area contributed by atoms with Crippen LogP contribution in [0.3, 0.4) is 0 Å². The topological polar surface area (TPSA) is 106 Å². The number of aromatic amines is 1.